The molecule has 6 heteroatoms. The summed E-state index contributed by atoms with van der Waals surface area (Å²) in [6.45, 7) is 0.269. The quantitative estimate of drug-likeness (QED) is 0.491. The molecule has 3 aromatic rings. The summed E-state index contributed by atoms with van der Waals surface area (Å²) in [5, 5.41) is 11.7. The van der Waals surface area contributed by atoms with Gasteiger partial charge < -0.3 is 19.5 Å². The summed E-state index contributed by atoms with van der Waals surface area (Å²) >= 11 is 0. The summed E-state index contributed by atoms with van der Waals surface area (Å²) in [5.74, 6) is -0.417. The number of methoxy groups -OCH3 is 1. The Hall–Kier alpha value is -3.38. The van der Waals surface area contributed by atoms with Gasteiger partial charge in [0.05, 0.1) is 12.7 Å². The average Bonchev–Trinajstić information content (AvgIpc) is 3.20. The SMILES string of the molecule is COc1c(F)cccc1C1(O)CC2CCCC(C1)N2C(=O)OCC1c2ccccc2-c2ccccc21. The summed E-state index contributed by atoms with van der Waals surface area (Å²) in [5.41, 5.74) is 3.93. The number of carbonyl (C=O) groups is 1. The molecule has 0 radical (unpaired) electrons. The monoisotopic (exact) mass is 487 g/mol. The minimum Gasteiger partial charge on any atom is -0.493 e. The summed E-state index contributed by atoms with van der Waals surface area (Å²) in [6, 6.07) is 20.9. The van der Waals surface area contributed by atoms with Crippen LogP contribution in [0.4, 0.5) is 9.18 Å². The molecule has 2 bridgehead atoms. The van der Waals surface area contributed by atoms with Crippen molar-refractivity contribution in [1.29, 1.82) is 0 Å². The maximum absolute atomic E-state index is 14.4. The number of amides is 1. The second-order valence-corrected chi connectivity index (χ2v) is 10.2. The van der Waals surface area contributed by atoms with Crippen LogP contribution in [0.25, 0.3) is 11.1 Å². The lowest BCUT2D eigenvalue weighted by Gasteiger charge is -2.51. The topological polar surface area (TPSA) is 59.0 Å². The summed E-state index contributed by atoms with van der Waals surface area (Å²) < 4.78 is 25.7. The van der Waals surface area contributed by atoms with Gasteiger partial charge in [-0.25, -0.2) is 9.18 Å². The minimum absolute atomic E-state index is 0.000492. The third-order valence-corrected chi connectivity index (χ3v) is 8.23. The van der Waals surface area contributed by atoms with Gasteiger partial charge in [-0.05, 0) is 47.6 Å². The van der Waals surface area contributed by atoms with E-state index in [2.05, 4.69) is 24.3 Å². The first-order valence-corrected chi connectivity index (χ1v) is 12.7. The summed E-state index contributed by atoms with van der Waals surface area (Å²) in [7, 11) is 1.41. The number of halogens is 1. The Labute approximate surface area is 210 Å². The van der Waals surface area contributed by atoms with E-state index in [-0.39, 0.29) is 36.5 Å². The maximum Gasteiger partial charge on any atom is 0.410 e. The number of ether oxygens (including phenoxy) is 2. The fourth-order valence-corrected chi connectivity index (χ4v) is 6.70. The first-order valence-electron chi connectivity index (χ1n) is 12.7. The number of aliphatic hydroxyl groups is 1. The molecule has 1 N–H and O–H groups in total. The smallest absolute Gasteiger partial charge is 0.410 e. The van der Waals surface area contributed by atoms with Crippen molar-refractivity contribution in [1.82, 2.24) is 4.90 Å². The molecular weight excluding hydrogens is 457 g/mol. The Kier molecular flexibility index (Phi) is 5.72. The molecule has 0 aromatic heterocycles. The predicted octanol–water partition coefficient (Wildman–Crippen LogP) is 5.99. The highest BCUT2D eigenvalue weighted by Gasteiger charge is 2.50. The summed E-state index contributed by atoms with van der Waals surface area (Å²) in [6.07, 6.45) is 2.86. The molecule has 2 unspecified atom stereocenters. The fraction of sp³-hybridized carbons (Fsp3) is 0.367. The van der Waals surface area contributed by atoms with E-state index in [1.165, 1.54) is 35.4 Å². The molecule has 36 heavy (non-hydrogen) atoms. The van der Waals surface area contributed by atoms with Crippen molar-refractivity contribution in [2.24, 2.45) is 0 Å². The second-order valence-electron chi connectivity index (χ2n) is 10.2. The van der Waals surface area contributed by atoms with Gasteiger partial charge in [0.15, 0.2) is 11.6 Å². The number of hydrogen-bond acceptors (Lipinski definition) is 4. The molecule has 0 spiro atoms. The molecule has 186 valence electrons. The number of piperidine rings is 2. The van der Waals surface area contributed by atoms with Crippen LogP contribution in [0, 0.1) is 5.82 Å². The van der Waals surface area contributed by atoms with Gasteiger partial charge in [-0.3, -0.25) is 0 Å². The predicted molar refractivity (Wildman–Crippen MR) is 134 cm³/mol. The molecule has 2 saturated heterocycles. The van der Waals surface area contributed by atoms with Crippen LogP contribution in [-0.4, -0.2) is 41.9 Å². The minimum atomic E-state index is -1.26. The molecule has 2 heterocycles. The number of nitrogens with zero attached hydrogens (tertiary/aromatic N) is 1. The van der Waals surface area contributed by atoms with Crippen molar-refractivity contribution in [2.75, 3.05) is 13.7 Å². The molecule has 2 aliphatic heterocycles. The molecule has 1 amide bonds. The zero-order chi connectivity index (χ0) is 24.9. The van der Waals surface area contributed by atoms with Gasteiger partial charge in [-0.1, -0.05) is 60.7 Å². The van der Waals surface area contributed by atoms with Crippen LogP contribution in [0.15, 0.2) is 66.7 Å². The zero-order valence-corrected chi connectivity index (χ0v) is 20.3. The van der Waals surface area contributed by atoms with Crippen molar-refractivity contribution in [3.8, 4) is 16.9 Å². The lowest BCUT2D eigenvalue weighted by atomic mass is 9.72. The van der Waals surface area contributed by atoms with Crippen LogP contribution in [0.3, 0.4) is 0 Å². The van der Waals surface area contributed by atoms with E-state index in [0.29, 0.717) is 18.4 Å². The highest BCUT2D eigenvalue weighted by Crippen LogP contribution is 2.48. The van der Waals surface area contributed by atoms with Gasteiger partial charge in [-0.15, -0.1) is 0 Å². The van der Waals surface area contributed by atoms with Gasteiger partial charge in [-0.2, -0.15) is 0 Å². The number of para-hydroxylation sites is 1. The van der Waals surface area contributed by atoms with Crippen LogP contribution in [0.5, 0.6) is 5.75 Å². The van der Waals surface area contributed by atoms with Crippen LogP contribution in [0.1, 0.15) is 54.7 Å². The van der Waals surface area contributed by atoms with Crippen molar-refractivity contribution in [3.05, 3.63) is 89.2 Å². The first kappa shape index (κ1) is 23.0. The molecule has 3 aromatic carbocycles. The lowest BCUT2D eigenvalue weighted by molar-refractivity contribution is -0.0901. The van der Waals surface area contributed by atoms with E-state index >= 15 is 0 Å². The number of fused-ring (bicyclic) bond motifs is 5. The lowest BCUT2D eigenvalue weighted by Crippen LogP contribution is -2.59. The normalized spacial score (nSPS) is 24.7. The highest BCUT2D eigenvalue weighted by molar-refractivity contribution is 5.79. The van der Waals surface area contributed by atoms with E-state index in [1.807, 2.05) is 29.2 Å². The number of rotatable bonds is 4. The van der Waals surface area contributed by atoms with E-state index in [1.54, 1.807) is 12.1 Å². The molecule has 3 aliphatic rings. The first-order chi connectivity index (χ1) is 17.5. The standard InChI is InChI=1S/C30H30FNO4/c1-35-28-26(14-7-15-27(28)31)30(34)16-19-8-6-9-20(17-30)32(19)29(33)36-18-25-23-12-4-2-10-21(23)22-11-3-5-13-24(22)25/h2-5,7,10-15,19-20,25,34H,6,8-9,16-18H2,1H3. The molecule has 0 saturated carbocycles. The van der Waals surface area contributed by atoms with Crippen molar-refractivity contribution >= 4 is 6.09 Å². The second kappa shape index (κ2) is 8.93. The summed E-state index contributed by atoms with van der Waals surface area (Å²) in [4.78, 5) is 15.3. The Morgan fingerprint density at radius 3 is 2.19 bits per heavy atom. The largest absolute Gasteiger partial charge is 0.493 e. The molecule has 6 rings (SSSR count). The highest BCUT2D eigenvalue weighted by atomic mass is 19.1. The number of hydrogen-bond donors (Lipinski definition) is 1. The van der Waals surface area contributed by atoms with Gasteiger partial charge in [0.2, 0.25) is 0 Å². The van der Waals surface area contributed by atoms with Gasteiger partial charge in [0, 0.05) is 36.4 Å². The van der Waals surface area contributed by atoms with Crippen LogP contribution < -0.4 is 4.74 Å². The van der Waals surface area contributed by atoms with Crippen molar-refractivity contribution < 1.29 is 23.8 Å². The molecule has 5 nitrogen and oxygen atoms in total. The van der Waals surface area contributed by atoms with Crippen molar-refractivity contribution in [3.63, 3.8) is 0 Å². The molecule has 1 aliphatic carbocycles. The number of carbonyl (C=O) groups excluding carboxylic acids is 1. The Bertz CT molecular complexity index is 1250. The number of benzene rings is 3. The average molecular weight is 488 g/mol. The van der Waals surface area contributed by atoms with E-state index in [4.69, 9.17) is 9.47 Å². The third kappa shape index (κ3) is 3.66. The van der Waals surface area contributed by atoms with Gasteiger partial charge in [0.25, 0.3) is 0 Å². The van der Waals surface area contributed by atoms with Gasteiger partial charge >= 0.3 is 6.09 Å². The van der Waals surface area contributed by atoms with E-state index in [9.17, 15) is 14.3 Å². The Morgan fingerprint density at radius 2 is 1.58 bits per heavy atom. The maximum atomic E-state index is 14.4. The van der Waals surface area contributed by atoms with Crippen LogP contribution in [-0.2, 0) is 10.3 Å². The van der Waals surface area contributed by atoms with E-state index in [0.717, 1.165) is 19.3 Å². The van der Waals surface area contributed by atoms with Crippen LogP contribution in [0.2, 0.25) is 0 Å². The van der Waals surface area contributed by atoms with Crippen molar-refractivity contribution in [2.45, 2.75) is 55.7 Å². The molecular formula is C30H30FNO4. The van der Waals surface area contributed by atoms with Crippen LogP contribution >= 0.6 is 0 Å². The van der Waals surface area contributed by atoms with E-state index < -0.39 is 11.4 Å². The zero-order valence-electron chi connectivity index (χ0n) is 20.3. The Balaban J connectivity index is 1.22. The fourth-order valence-electron chi connectivity index (χ4n) is 6.70. The van der Waals surface area contributed by atoms with Gasteiger partial charge in [0.1, 0.15) is 6.61 Å². The Morgan fingerprint density at radius 1 is 0.972 bits per heavy atom. The third-order valence-electron chi connectivity index (χ3n) is 8.23. The molecule has 2 atom stereocenters. The molecule has 2 fully saturated rings.